The van der Waals surface area contributed by atoms with Gasteiger partial charge in [-0.3, -0.25) is 0 Å². The van der Waals surface area contributed by atoms with Gasteiger partial charge in [0.25, 0.3) is 0 Å². The quantitative estimate of drug-likeness (QED) is 0.654. The molecule has 3 nitrogen and oxygen atoms in total. The number of aromatic nitrogens is 2. The van der Waals surface area contributed by atoms with Crippen molar-refractivity contribution in [2.45, 2.75) is 19.4 Å². The molecule has 1 N–H and O–H groups in total. The van der Waals surface area contributed by atoms with E-state index in [0.717, 1.165) is 11.1 Å². The van der Waals surface area contributed by atoms with Gasteiger partial charge in [0.2, 0.25) is 0 Å². The average molecular weight is 200 g/mol. The van der Waals surface area contributed by atoms with Crippen LogP contribution in [0.25, 0.3) is 5.52 Å². The molecule has 0 aromatic carbocycles. The Morgan fingerprint density at radius 1 is 1.40 bits per heavy atom. The summed E-state index contributed by atoms with van der Waals surface area (Å²) in [6.07, 6.45) is 3.59. The van der Waals surface area contributed by atoms with E-state index in [1.54, 1.807) is 24.6 Å². The van der Waals surface area contributed by atoms with E-state index in [1.165, 1.54) is 0 Å². The average Bonchev–Trinajstić information content (AvgIpc) is 2.61. The molecule has 0 radical (unpaired) electrons. The minimum Gasteiger partial charge on any atom is -0.378 e. The van der Waals surface area contributed by atoms with Crippen LogP contribution < -0.4 is 0 Å². The molecule has 0 amide bonds. The third kappa shape index (κ3) is 2.17. The highest BCUT2D eigenvalue weighted by molar-refractivity contribution is 5.61. The summed E-state index contributed by atoms with van der Waals surface area (Å²) in [6.45, 7) is 3.33. The van der Waals surface area contributed by atoms with E-state index in [0.29, 0.717) is 0 Å². The Morgan fingerprint density at radius 3 is 2.93 bits per heavy atom. The predicted molar refractivity (Wildman–Crippen MR) is 58.4 cm³/mol. The normalized spacial score (nSPS) is 11.1. The summed E-state index contributed by atoms with van der Waals surface area (Å²) < 4.78 is 1.76. The summed E-state index contributed by atoms with van der Waals surface area (Å²) in [4.78, 5) is 0. The molecule has 0 atom stereocenters. The summed E-state index contributed by atoms with van der Waals surface area (Å²) in [5, 5.41) is 13.6. The fourth-order valence-corrected chi connectivity index (χ4v) is 1.28. The molecular weight excluding hydrogens is 188 g/mol. The van der Waals surface area contributed by atoms with Crippen LogP contribution in [0.2, 0.25) is 0 Å². The van der Waals surface area contributed by atoms with E-state index < -0.39 is 5.60 Å². The first-order chi connectivity index (χ1) is 7.06. The van der Waals surface area contributed by atoms with Crippen LogP contribution in [0.3, 0.4) is 0 Å². The zero-order chi connectivity index (χ0) is 10.9. The van der Waals surface area contributed by atoms with E-state index in [9.17, 15) is 5.11 Å². The Morgan fingerprint density at radius 2 is 2.20 bits per heavy atom. The minimum absolute atomic E-state index is 0.872. The van der Waals surface area contributed by atoms with E-state index in [-0.39, 0.29) is 0 Å². The van der Waals surface area contributed by atoms with Crippen molar-refractivity contribution in [3.63, 3.8) is 0 Å². The lowest BCUT2D eigenvalue weighted by atomic mass is 10.1. The first-order valence-electron chi connectivity index (χ1n) is 4.74. The Balaban J connectivity index is 2.51. The van der Waals surface area contributed by atoms with Gasteiger partial charge < -0.3 is 5.11 Å². The lowest BCUT2D eigenvalue weighted by Gasteiger charge is -2.06. The van der Waals surface area contributed by atoms with E-state index >= 15 is 0 Å². The van der Waals surface area contributed by atoms with Gasteiger partial charge in [0.1, 0.15) is 5.60 Å². The van der Waals surface area contributed by atoms with Crippen LogP contribution in [-0.2, 0) is 0 Å². The summed E-state index contributed by atoms with van der Waals surface area (Å²) in [6, 6.07) is 5.69. The van der Waals surface area contributed by atoms with Crippen LogP contribution in [0.4, 0.5) is 0 Å². The largest absolute Gasteiger partial charge is 0.378 e. The van der Waals surface area contributed by atoms with Gasteiger partial charge in [-0.15, -0.1) is 0 Å². The molecule has 0 unspecified atom stereocenters. The third-order valence-corrected chi connectivity index (χ3v) is 1.94. The standard InChI is InChI=1S/C12H12N2O/c1-12(2,15)7-5-10-4-3-9-14-11(10)6-8-13-14/h3-4,6,8-9,15H,1-2H3. The highest BCUT2D eigenvalue weighted by Gasteiger charge is 2.06. The molecule has 0 aliphatic carbocycles. The molecule has 0 aliphatic heterocycles. The third-order valence-electron chi connectivity index (χ3n) is 1.94. The number of nitrogens with zero attached hydrogens (tertiary/aromatic N) is 2. The molecule has 0 spiro atoms. The van der Waals surface area contributed by atoms with Crippen molar-refractivity contribution < 1.29 is 5.11 Å². The maximum absolute atomic E-state index is 9.51. The minimum atomic E-state index is -0.965. The second kappa shape index (κ2) is 3.41. The number of rotatable bonds is 0. The second-order valence-corrected chi connectivity index (χ2v) is 3.89. The zero-order valence-corrected chi connectivity index (χ0v) is 8.73. The van der Waals surface area contributed by atoms with Gasteiger partial charge in [0.05, 0.1) is 17.3 Å². The van der Waals surface area contributed by atoms with Crippen LogP contribution in [0, 0.1) is 11.8 Å². The van der Waals surface area contributed by atoms with Crippen molar-refractivity contribution in [2.75, 3.05) is 0 Å². The van der Waals surface area contributed by atoms with Crippen molar-refractivity contribution in [3.8, 4) is 11.8 Å². The molecule has 2 rings (SSSR count). The number of aliphatic hydroxyl groups is 1. The van der Waals surface area contributed by atoms with Gasteiger partial charge in [-0.2, -0.15) is 5.10 Å². The molecule has 15 heavy (non-hydrogen) atoms. The Kier molecular flexibility index (Phi) is 2.22. The molecule has 3 heteroatoms. The molecule has 2 heterocycles. The summed E-state index contributed by atoms with van der Waals surface area (Å²) >= 11 is 0. The van der Waals surface area contributed by atoms with Gasteiger partial charge in [-0.1, -0.05) is 11.8 Å². The van der Waals surface area contributed by atoms with Crippen LogP contribution in [-0.4, -0.2) is 20.3 Å². The van der Waals surface area contributed by atoms with Crippen molar-refractivity contribution in [1.29, 1.82) is 0 Å². The molecule has 0 aliphatic rings. The Labute approximate surface area is 88.4 Å². The van der Waals surface area contributed by atoms with Crippen molar-refractivity contribution in [3.05, 3.63) is 36.2 Å². The molecule has 0 saturated carbocycles. The molecular formula is C12H12N2O. The lowest BCUT2D eigenvalue weighted by molar-refractivity contribution is 0.143. The van der Waals surface area contributed by atoms with E-state index in [4.69, 9.17) is 0 Å². The predicted octanol–water partition coefficient (Wildman–Crippen LogP) is 1.46. The van der Waals surface area contributed by atoms with Gasteiger partial charge in [0, 0.05) is 6.20 Å². The maximum atomic E-state index is 9.51. The lowest BCUT2D eigenvalue weighted by Crippen LogP contribution is -2.14. The monoisotopic (exact) mass is 200 g/mol. The summed E-state index contributed by atoms with van der Waals surface area (Å²) in [5.74, 6) is 5.74. The SMILES string of the molecule is CC(C)(O)C#Cc1cccn2nccc12. The second-order valence-electron chi connectivity index (χ2n) is 3.89. The van der Waals surface area contributed by atoms with E-state index in [1.807, 2.05) is 24.4 Å². The molecule has 2 aromatic rings. The smallest absolute Gasteiger partial charge is 0.120 e. The first-order valence-corrected chi connectivity index (χ1v) is 4.74. The van der Waals surface area contributed by atoms with Crippen LogP contribution in [0.1, 0.15) is 19.4 Å². The molecule has 76 valence electrons. The van der Waals surface area contributed by atoms with Gasteiger partial charge >= 0.3 is 0 Å². The summed E-state index contributed by atoms with van der Waals surface area (Å²) in [7, 11) is 0. The van der Waals surface area contributed by atoms with Crippen molar-refractivity contribution in [1.82, 2.24) is 9.61 Å². The number of hydrogen-bond acceptors (Lipinski definition) is 2. The number of fused-ring (bicyclic) bond motifs is 1. The summed E-state index contributed by atoms with van der Waals surface area (Å²) in [5.41, 5.74) is 0.860. The zero-order valence-electron chi connectivity index (χ0n) is 8.73. The van der Waals surface area contributed by atoms with Crippen LogP contribution in [0.5, 0.6) is 0 Å². The molecule has 0 bridgehead atoms. The molecule has 0 saturated heterocycles. The Hall–Kier alpha value is -1.79. The van der Waals surface area contributed by atoms with Gasteiger partial charge in [-0.05, 0) is 32.0 Å². The topological polar surface area (TPSA) is 37.5 Å². The first kappa shape index (κ1) is 9.75. The highest BCUT2D eigenvalue weighted by atomic mass is 16.3. The number of hydrogen-bond donors (Lipinski definition) is 1. The van der Waals surface area contributed by atoms with Gasteiger partial charge in [-0.25, -0.2) is 4.52 Å². The van der Waals surface area contributed by atoms with Gasteiger partial charge in [0.15, 0.2) is 0 Å². The fourth-order valence-electron chi connectivity index (χ4n) is 1.28. The molecule has 2 aromatic heterocycles. The van der Waals surface area contributed by atoms with Crippen LogP contribution >= 0.6 is 0 Å². The van der Waals surface area contributed by atoms with E-state index in [2.05, 4.69) is 16.9 Å². The van der Waals surface area contributed by atoms with Crippen LogP contribution in [0.15, 0.2) is 30.6 Å². The number of pyridine rings is 1. The maximum Gasteiger partial charge on any atom is 0.120 e. The van der Waals surface area contributed by atoms with Crippen molar-refractivity contribution in [2.24, 2.45) is 0 Å². The molecule has 0 fully saturated rings. The fraction of sp³-hybridized carbons (Fsp3) is 0.250. The van der Waals surface area contributed by atoms with Crippen molar-refractivity contribution >= 4 is 5.52 Å². The Bertz CT molecular complexity index is 538. The highest BCUT2D eigenvalue weighted by Crippen LogP contribution is 2.09.